The van der Waals surface area contributed by atoms with E-state index in [0.717, 1.165) is 44.4 Å². The summed E-state index contributed by atoms with van der Waals surface area (Å²) in [5, 5.41) is 7.18. The van der Waals surface area contributed by atoms with Gasteiger partial charge in [0.1, 0.15) is 11.2 Å². The number of fused-ring (bicyclic) bond motifs is 9. The monoisotopic (exact) mass is 726 g/mol. The Bertz CT molecular complexity index is 3510. The highest BCUT2D eigenvalue weighted by atomic mass is 16.3. The maximum absolute atomic E-state index is 6.46. The van der Waals surface area contributed by atoms with Crippen LogP contribution in [0.3, 0.4) is 0 Å². The molecule has 0 aliphatic carbocycles. The van der Waals surface area contributed by atoms with Crippen LogP contribution in [0, 0.1) is 0 Å². The molecule has 0 saturated heterocycles. The molecule has 266 valence electrons. The first-order valence-corrected chi connectivity index (χ1v) is 19.5. The van der Waals surface area contributed by atoms with E-state index in [2.05, 4.69) is 215 Å². The van der Waals surface area contributed by atoms with Crippen molar-refractivity contribution in [2.75, 3.05) is 0 Å². The van der Waals surface area contributed by atoms with Crippen molar-refractivity contribution in [3.8, 4) is 44.8 Å². The van der Waals surface area contributed by atoms with E-state index in [4.69, 9.17) is 4.42 Å². The molecule has 0 atom stereocenters. The van der Waals surface area contributed by atoms with E-state index in [-0.39, 0.29) is 0 Å². The van der Waals surface area contributed by atoms with Gasteiger partial charge in [0, 0.05) is 43.7 Å². The van der Waals surface area contributed by atoms with Crippen LogP contribution in [0.25, 0.3) is 110 Å². The van der Waals surface area contributed by atoms with Crippen LogP contribution in [0.15, 0.2) is 211 Å². The molecule has 0 aliphatic heterocycles. The van der Waals surface area contributed by atoms with Gasteiger partial charge in [-0.05, 0) is 112 Å². The third-order valence-electron chi connectivity index (χ3n) is 11.7. The van der Waals surface area contributed by atoms with Crippen molar-refractivity contribution < 1.29 is 4.42 Å². The van der Waals surface area contributed by atoms with Crippen LogP contribution in [0.5, 0.6) is 0 Å². The van der Waals surface area contributed by atoms with Crippen LogP contribution in [0.2, 0.25) is 0 Å². The Morgan fingerprint density at radius 2 is 0.667 bits per heavy atom. The van der Waals surface area contributed by atoms with Gasteiger partial charge in [0.25, 0.3) is 0 Å². The summed E-state index contributed by atoms with van der Waals surface area (Å²) in [6.07, 6.45) is 0. The van der Waals surface area contributed by atoms with E-state index in [9.17, 15) is 0 Å². The van der Waals surface area contributed by atoms with E-state index >= 15 is 0 Å². The maximum Gasteiger partial charge on any atom is 0.135 e. The zero-order valence-corrected chi connectivity index (χ0v) is 30.9. The highest BCUT2D eigenvalue weighted by Gasteiger charge is 2.17. The molecule has 0 N–H and O–H groups in total. The van der Waals surface area contributed by atoms with Gasteiger partial charge < -0.3 is 13.6 Å². The Morgan fingerprint density at radius 1 is 0.246 bits per heavy atom. The lowest BCUT2D eigenvalue weighted by molar-refractivity contribution is 0.669. The first-order chi connectivity index (χ1) is 28.2. The fourth-order valence-electron chi connectivity index (χ4n) is 9.03. The molecule has 0 radical (unpaired) electrons. The quantitative estimate of drug-likeness (QED) is 0.173. The standard InChI is InChI=1S/C54H34N2O/c1-3-12-35(13-4-1)38-22-26-51-45(31-38)43-18-7-9-20-49(43)55(51)41-17-11-16-37(30-41)40-24-28-53-47(33-40)48-34-42(25-29-54(48)57-53)56-50-21-10-8-19-44(50)46-32-39(23-27-52(46)56)36-14-5-2-6-15-36/h1-34H. The number of para-hydroxylation sites is 2. The van der Waals surface area contributed by atoms with Gasteiger partial charge in [0.2, 0.25) is 0 Å². The first kappa shape index (κ1) is 31.7. The Labute approximate surface area is 328 Å². The second-order valence-electron chi connectivity index (χ2n) is 14.9. The molecular weight excluding hydrogens is 693 g/mol. The third-order valence-corrected chi connectivity index (χ3v) is 11.7. The lowest BCUT2D eigenvalue weighted by Gasteiger charge is -2.11. The van der Waals surface area contributed by atoms with Crippen LogP contribution < -0.4 is 0 Å². The van der Waals surface area contributed by atoms with Gasteiger partial charge in [-0.25, -0.2) is 0 Å². The molecule has 0 amide bonds. The van der Waals surface area contributed by atoms with Gasteiger partial charge in [0.05, 0.1) is 22.1 Å². The second kappa shape index (κ2) is 12.5. The normalized spacial score (nSPS) is 11.9. The highest BCUT2D eigenvalue weighted by Crippen LogP contribution is 2.40. The molecule has 9 aromatic carbocycles. The summed E-state index contributed by atoms with van der Waals surface area (Å²) >= 11 is 0. The second-order valence-corrected chi connectivity index (χ2v) is 14.9. The maximum atomic E-state index is 6.46. The van der Waals surface area contributed by atoms with Crippen LogP contribution in [0.1, 0.15) is 0 Å². The van der Waals surface area contributed by atoms with Crippen molar-refractivity contribution in [3.05, 3.63) is 206 Å². The fourth-order valence-corrected chi connectivity index (χ4v) is 9.03. The summed E-state index contributed by atoms with van der Waals surface area (Å²) in [6.45, 7) is 0. The van der Waals surface area contributed by atoms with Gasteiger partial charge in [-0.3, -0.25) is 0 Å². The van der Waals surface area contributed by atoms with Gasteiger partial charge in [0.15, 0.2) is 0 Å². The van der Waals surface area contributed by atoms with E-state index in [1.54, 1.807) is 0 Å². The summed E-state index contributed by atoms with van der Waals surface area (Å²) in [5.41, 5.74) is 15.9. The molecule has 0 fully saturated rings. The number of aromatic nitrogens is 2. The van der Waals surface area contributed by atoms with E-state index in [0.29, 0.717) is 0 Å². The Balaban J connectivity index is 0.981. The predicted molar refractivity (Wildman–Crippen MR) is 239 cm³/mol. The van der Waals surface area contributed by atoms with Gasteiger partial charge in [-0.2, -0.15) is 0 Å². The largest absolute Gasteiger partial charge is 0.456 e. The number of benzene rings is 9. The molecular formula is C54H34N2O. The van der Waals surface area contributed by atoms with Crippen molar-refractivity contribution in [1.29, 1.82) is 0 Å². The lowest BCUT2D eigenvalue weighted by atomic mass is 10.0. The highest BCUT2D eigenvalue weighted by molar-refractivity contribution is 6.13. The zero-order chi connectivity index (χ0) is 37.5. The average molecular weight is 727 g/mol. The summed E-state index contributed by atoms with van der Waals surface area (Å²) < 4.78 is 11.2. The van der Waals surface area contributed by atoms with Crippen molar-refractivity contribution in [2.24, 2.45) is 0 Å². The van der Waals surface area contributed by atoms with Crippen molar-refractivity contribution in [3.63, 3.8) is 0 Å². The van der Waals surface area contributed by atoms with E-state index < -0.39 is 0 Å². The number of hydrogen-bond acceptors (Lipinski definition) is 1. The molecule has 12 rings (SSSR count). The number of hydrogen-bond donors (Lipinski definition) is 0. The van der Waals surface area contributed by atoms with Crippen LogP contribution in [-0.2, 0) is 0 Å². The lowest BCUT2D eigenvalue weighted by Crippen LogP contribution is -1.94. The van der Waals surface area contributed by atoms with Crippen molar-refractivity contribution in [2.45, 2.75) is 0 Å². The average Bonchev–Trinajstić information content (AvgIpc) is 3.93. The molecule has 3 aromatic heterocycles. The van der Waals surface area contributed by atoms with Crippen LogP contribution in [0.4, 0.5) is 0 Å². The fraction of sp³-hybridized carbons (Fsp3) is 0. The van der Waals surface area contributed by atoms with Crippen molar-refractivity contribution in [1.82, 2.24) is 9.13 Å². The molecule has 0 bridgehead atoms. The summed E-state index contributed by atoms with van der Waals surface area (Å²) in [4.78, 5) is 0. The minimum Gasteiger partial charge on any atom is -0.456 e. The van der Waals surface area contributed by atoms with Gasteiger partial charge >= 0.3 is 0 Å². The Morgan fingerprint density at radius 3 is 1.28 bits per heavy atom. The molecule has 3 heteroatoms. The molecule has 0 spiro atoms. The van der Waals surface area contributed by atoms with Gasteiger partial charge in [-0.1, -0.05) is 127 Å². The Kier molecular flexibility index (Phi) is 6.93. The number of furan rings is 1. The molecule has 12 aromatic rings. The van der Waals surface area contributed by atoms with Crippen LogP contribution >= 0.6 is 0 Å². The minimum absolute atomic E-state index is 0.881. The summed E-state index contributed by atoms with van der Waals surface area (Å²) in [7, 11) is 0. The molecule has 57 heavy (non-hydrogen) atoms. The van der Waals surface area contributed by atoms with E-state index in [1.807, 2.05) is 0 Å². The van der Waals surface area contributed by atoms with E-state index in [1.165, 1.54) is 65.9 Å². The van der Waals surface area contributed by atoms with Crippen LogP contribution in [-0.4, -0.2) is 9.13 Å². The Hall–Kier alpha value is -7.62. The zero-order valence-electron chi connectivity index (χ0n) is 30.9. The smallest absolute Gasteiger partial charge is 0.135 e. The molecule has 3 heterocycles. The molecule has 3 nitrogen and oxygen atoms in total. The molecule has 0 aliphatic rings. The number of nitrogens with zero attached hydrogens (tertiary/aromatic N) is 2. The topological polar surface area (TPSA) is 23.0 Å². The van der Waals surface area contributed by atoms with Crippen molar-refractivity contribution >= 4 is 65.6 Å². The predicted octanol–water partition coefficient (Wildman–Crippen LogP) is 14.8. The first-order valence-electron chi connectivity index (χ1n) is 19.5. The summed E-state index contributed by atoms with van der Waals surface area (Å²) in [5.74, 6) is 0. The SMILES string of the molecule is c1ccc(-c2ccc3c(c2)c2ccccc2n3-c2cccc(-c3ccc4oc5ccc(-n6c7ccccc7c7cc(-c8ccccc8)ccc76)cc5c4c3)c2)cc1. The molecule has 0 saturated carbocycles. The number of rotatable bonds is 5. The summed E-state index contributed by atoms with van der Waals surface area (Å²) in [6, 6.07) is 74.5. The van der Waals surface area contributed by atoms with Gasteiger partial charge in [-0.15, -0.1) is 0 Å². The minimum atomic E-state index is 0.881. The molecule has 0 unspecified atom stereocenters. The third kappa shape index (κ3) is 4.99.